The Hall–Kier alpha value is -1.44. The molecule has 3 N–H and O–H groups in total. The second-order valence-corrected chi connectivity index (χ2v) is 5.20. The van der Waals surface area contributed by atoms with Crippen LogP contribution in [0.25, 0.3) is 0 Å². The maximum atomic E-state index is 13.5. The van der Waals surface area contributed by atoms with Gasteiger partial charge in [0.05, 0.1) is 13.0 Å². The van der Waals surface area contributed by atoms with E-state index < -0.39 is 11.7 Å². The minimum atomic E-state index is -0.521. The summed E-state index contributed by atoms with van der Waals surface area (Å²) in [6.45, 7) is 2.35. The van der Waals surface area contributed by atoms with Gasteiger partial charge in [-0.2, -0.15) is 0 Å². The molecule has 0 aromatic heterocycles. The van der Waals surface area contributed by atoms with E-state index in [9.17, 15) is 9.18 Å². The van der Waals surface area contributed by atoms with Gasteiger partial charge in [-0.1, -0.05) is 17.7 Å². The molecular weight excluding hydrogens is 317 g/mol. The molecule has 0 aliphatic heterocycles. The summed E-state index contributed by atoms with van der Waals surface area (Å²) in [5.74, 6) is -0.974. The molecule has 1 amide bonds. The van der Waals surface area contributed by atoms with Crippen molar-refractivity contribution in [2.45, 2.75) is 19.4 Å². The van der Waals surface area contributed by atoms with Crippen LogP contribution in [0.1, 0.15) is 12.5 Å². The van der Waals surface area contributed by atoms with Gasteiger partial charge < -0.3 is 10.1 Å². The highest BCUT2D eigenvalue weighted by atomic mass is 35.5. The first-order valence-electron chi connectivity index (χ1n) is 6.21. The molecule has 0 aliphatic carbocycles. The molecule has 0 saturated heterocycles. The van der Waals surface area contributed by atoms with Crippen LogP contribution in [0.2, 0.25) is 5.02 Å². The summed E-state index contributed by atoms with van der Waals surface area (Å²) in [6.07, 6.45) is -0.186. The van der Waals surface area contributed by atoms with Gasteiger partial charge in [0.2, 0.25) is 5.91 Å². The molecule has 0 fully saturated rings. The number of thiocarbonyl (C=S) groups is 1. The molecule has 0 unspecified atom stereocenters. The summed E-state index contributed by atoms with van der Waals surface area (Å²) in [5, 5.41) is 3.35. The van der Waals surface area contributed by atoms with Crippen LogP contribution in [0, 0.1) is 5.82 Å². The molecule has 21 heavy (non-hydrogen) atoms. The number of hydrazine groups is 1. The van der Waals surface area contributed by atoms with Crippen molar-refractivity contribution in [2.24, 2.45) is 0 Å². The maximum Gasteiger partial charge on any atom is 0.242 e. The highest BCUT2D eigenvalue weighted by Crippen LogP contribution is 2.19. The van der Waals surface area contributed by atoms with E-state index in [1.807, 2.05) is 6.92 Å². The fraction of sp³-hybridized carbons (Fsp3) is 0.385. The average Bonchev–Trinajstić information content (AvgIpc) is 2.41. The Kier molecular flexibility index (Phi) is 7.35. The zero-order chi connectivity index (χ0) is 15.8. The lowest BCUT2D eigenvalue weighted by atomic mass is 10.1. The van der Waals surface area contributed by atoms with E-state index in [2.05, 4.69) is 16.2 Å². The van der Waals surface area contributed by atoms with Crippen LogP contribution in [-0.4, -0.2) is 30.8 Å². The Morgan fingerprint density at radius 3 is 2.81 bits per heavy atom. The summed E-state index contributed by atoms with van der Waals surface area (Å²) in [5.41, 5.74) is 5.05. The first-order chi connectivity index (χ1) is 9.93. The predicted molar refractivity (Wildman–Crippen MR) is 83.5 cm³/mol. The zero-order valence-electron chi connectivity index (χ0n) is 11.7. The average molecular weight is 334 g/mol. The second kappa shape index (κ2) is 8.76. The summed E-state index contributed by atoms with van der Waals surface area (Å²) in [4.78, 5) is 11.7. The first-order valence-corrected chi connectivity index (χ1v) is 6.99. The Morgan fingerprint density at radius 1 is 1.48 bits per heavy atom. The number of ether oxygens (including phenoxy) is 1. The third-order valence-corrected chi connectivity index (χ3v) is 3.08. The van der Waals surface area contributed by atoms with Crippen molar-refractivity contribution in [2.75, 3.05) is 13.7 Å². The summed E-state index contributed by atoms with van der Waals surface area (Å²) in [6, 6.07) is 4.25. The van der Waals surface area contributed by atoms with E-state index >= 15 is 0 Å². The van der Waals surface area contributed by atoms with E-state index in [1.54, 1.807) is 7.11 Å². The number of carbonyl (C=O) groups excluding carboxylic acids is 1. The molecule has 0 radical (unpaired) electrons. The highest BCUT2D eigenvalue weighted by Gasteiger charge is 2.12. The molecule has 1 rings (SSSR count). The van der Waals surface area contributed by atoms with Gasteiger partial charge in [-0.25, -0.2) is 4.39 Å². The summed E-state index contributed by atoms with van der Waals surface area (Å²) < 4.78 is 18.5. The van der Waals surface area contributed by atoms with Gasteiger partial charge in [-0.15, -0.1) is 0 Å². The number of benzene rings is 1. The SMILES string of the molecule is COC[C@H](C)NC(=S)NNC(=O)Cc1c(F)cccc1Cl. The van der Waals surface area contributed by atoms with Gasteiger partial charge in [0.25, 0.3) is 0 Å². The van der Waals surface area contributed by atoms with Crippen LogP contribution in [0.4, 0.5) is 4.39 Å². The number of hydrogen-bond acceptors (Lipinski definition) is 3. The highest BCUT2D eigenvalue weighted by molar-refractivity contribution is 7.80. The standard InChI is InChI=1S/C13H17ClFN3O2S/c1-8(7-20-2)16-13(21)18-17-12(19)6-9-10(14)4-3-5-11(9)15/h3-5,8H,6-7H2,1-2H3,(H,17,19)(H2,16,18,21)/t8-/m0/s1. The van der Waals surface area contributed by atoms with E-state index in [0.717, 1.165) is 0 Å². The van der Waals surface area contributed by atoms with Crippen molar-refractivity contribution in [1.29, 1.82) is 0 Å². The van der Waals surface area contributed by atoms with Crippen molar-refractivity contribution >= 4 is 34.8 Å². The fourth-order valence-electron chi connectivity index (χ4n) is 1.58. The summed E-state index contributed by atoms with van der Waals surface area (Å²) in [7, 11) is 1.58. The topological polar surface area (TPSA) is 62.4 Å². The molecule has 1 atom stereocenters. The van der Waals surface area contributed by atoms with Crippen LogP contribution in [0.3, 0.4) is 0 Å². The lowest BCUT2D eigenvalue weighted by Crippen LogP contribution is -2.50. The zero-order valence-corrected chi connectivity index (χ0v) is 13.3. The van der Waals surface area contributed by atoms with Crippen molar-refractivity contribution < 1.29 is 13.9 Å². The minimum absolute atomic E-state index is 0.00656. The molecule has 5 nitrogen and oxygen atoms in total. The van der Waals surface area contributed by atoms with Crippen LogP contribution in [0.5, 0.6) is 0 Å². The minimum Gasteiger partial charge on any atom is -0.383 e. The number of nitrogens with one attached hydrogen (secondary N) is 3. The molecule has 0 saturated carbocycles. The van der Waals surface area contributed by atoms with E-state index in [4.69, 9.17) is 28.6 Å². The molecule has 0 spiro atoms. The smallest absolute Gasteiger partial charge is 0.242 e. The van der Waals surface area contributed by atoms with Crippen LogP contribution < -0.4 is 16.2 Å². The number of carbonyl (C=O) groups is 1. The molecule has 0 bridgehead atoms. The number of methoxy groups -OCH3 is 1. The van der Waals surface area contributed by atoms with E-state index in [1.165, 1.54) is 18.2 Å². The number of hydrogen-bond donors (Lipinski definition) is 3. The van der Waals surface area contributed by atoms with Crippen LogP contribution in [0.15, 0.2) is 18.2 Å². The third-order valence-electron chi connectivity index (χ3n) is 2.51. The Bertz CT molecular complexity index is 496. The molecule has 1 aromatic carbocycles. The van der Waals surface area contributed by atoms with Crippen molar-refractivity contribution in [3.05, 3.63) is 34.6 Å². The maximum absolute atomic E-state index is 13.5. The Balaban J connectivity index is 2.43. The van der Waals surface area contributed by atoms with Gasteiger partial charge in [0.1, 0.15) is 5.82 Å². The molecule has 0 aliphatic rings. The lowest BCUT2D eigenvalue weighted by Gasteiger charge is -2.16. The second-order valence-electron chi connectivity index (χ2n) is 4.38. The Morgan fingerprint density at radius 2 is 2.19 bits per heavy atom. The van der Waals surface area contributed by atoms with Crippen molar-refractivity contribution in [3.8, 4) is 0 Å². The van der Waals surface area contributed by atoms with Gasteiger partial charge >= 0.3 is 0 Å². The van der Waals surface area contributed by atoms with Crippen LogP contribution >= 0.6 is 23.8 Å². The molecule has 1 aromatic rings. The quantitative estimate of drug-likeness (QED) is 0.564. The number of rotatable bonds is 5. The normalized spacial score (nSPS) is 11.6. The van der Waals surface area contributed by atoms with Crippen LogP contribution in [-0.2, 0) is 16.0 Å². The number of halogens is 2. The van der Waals surface area contributed by atoms with E-state index in [0.29, 0.717) is 6.61 Å². The first kappa shape index (κ1) is 17.6. The Labute approximate surface area is 133 Å². The molecule has 8 heteroatoms. The van der Waals surface area contributed by atoms with Gasteiger partial charge in [0.15, 0.2) is 5.11 Å². The molecular formula is C13H17ClFN3O2S. The largest absolute Gasteiger partial charge is 0.383 e. The summed E-state index contributed by atoms with van der Waals surface area (Å²) >= 11 is 10.8. The van der Waals surface area contributed by atoms with Gasteiger partial charge in [0, 0.05) is 23.7 Å². The predicted octanol–water partition coefficient (Wildman–Crippen LogP) is 1.55. The third kappa shape index (κ3) is 6.24. The van der Waals surface area contributed by atoms with Crippen molar-refractivity contribution in [3.63, 3.8) is 0 Å². The van der Waals surface area contributed by atoms with E-state index in [-0.39, 0.29) is 28.2 Å². The van der Waals surface area contributed by atoms with Crippen molar-refractivity contribution in [1.82, 2.24) is 16.2 Å². The number of amides is 1. The fourth-order valence-corrected chi connectivity index (χ4v) is 2.07. The molecule has 116 valence electrons. The van der Waals surface area contributed by atoms with Gasteiger partial charge in [-0.3, -0.25) is 15.6 Å². The monoisotopic (exact) mass is 333 g/mol. The lowest BCUT2D eigenvalue weighted by molar-refractivity contribution is -0.121. The van der Waals surface area contributed by atoms with Gasteiger partial charge in [-0.05, 0) is 31.3 Å². The molecule has 0 heterocycles.